The molecule has 0 spiro atoms. The first-order chi connectivity index (χ1) is 15.0. The lowest BCUT2D eigenvalue weighted by atomic mass is 9.96. The van der Waals surface area contributed by atoms with Crippen LogP contribution in [0.25, 0.3) is 5.65 Å². The smallest absolute Gasteiger partial charge is 0.178 e. The third-order valence-electron chi connectivity index (χ3n) is 5.26. The van der Waals surface area contributed by atoms with Gasteiger partial charge in [0.1, 0.15) is 5.82 Å². The van der Waals surface area contributed by atoms with Crippen LogP contribution in [0.1, 0.15) is 49.3 Å². The van der Waals surface area contributed by atoms with Crippen LogP contribution in [-0.4, -0.2) is 34.5 Å². The topological polar surface area (TPSA) is 89.2 Å². The minimum absolute atomic E-state index is 0.217. The number of nitrogens with one attached hydrogen (secondary N) is 1. The molecule has 1 N–H and O–H groups in total. The Hall–Kier alpha value is -3.26. The van der Waals surface area contributed by atoms with Gasteiger partial charge in [0.25, 0.3) is 0 Å². The SMILES string of the molecule is Cc1ccc(C(Nc2ccc3nnc(C(C)(C)C)n3n2)c2cccc(S(C)(=O)=O)c2)cc1. The predicted octanol–water partition coefficient (Wildman–Crippen LogP) is 4.34. The molecule has 0 amide bonds. The van der Waals surface area contributed by atoms with Gasteiger partial charge < -0.3 is 5.32 Å². The van der Waals surface area contributed by atoms with Gasteiger partial charge in [0, 0.05) is 11.7 Å². The van der Waals surface area contributed by atoms with E-state index in [4.69, 9.17) is 5.10 Å². The van der Waals surface area contributed by atoms with Crippen LogP contribution >= 0.6 is 0 Å². The summed E-state index contributed by atoms with van der Waals surface area (Å²) in [5.41, 5.74) is 3.44. The van der Waals surface area contributed by atoms with Crippen molar-refractivity contribution in [3.63, 3.8) is 0 Å². The second kappa shape index (κ2) is 8.02. The highest BCUT2D eigenvalue weighted by molar-refractivity contribution is 7.90. The highest BCUT2D eigenvalue weighted by atomic mass is 32.2. The Bertz CT molecular complexity index is 1370. The molecule has 4 rings (SSSR count). The molecular weight excluding hydrogens is 422 g/mol. The molecule has 0 saturated heterocycles. The maximum atomic E-state index is 12.1. The summed E-state index contributed by atoms with van der Waals surface area (Å²) in [5, 5.41) is 16.8. The summed E-state index contributed by atoms with van der Waals surface area (Å²) >= 11 is 0. The Kier molecular flexibility index (Phi) is 5.50. The Morgan fingerprint density at radius 1 is 0.938 bits per heavy atom. The first-order valence-electron chi connectivity index (χ1n) is 10.4. The van der Waals surface area contributed by atoms with E-state index < -0.39 is 9.84 Å². The van der Waals surface area contributed by atoms with E-state index >= 15 is 0 Å². The Morgan fingerprint density at radius 2 is 1.66 bits per heavy atom. The van der Waals surface area contributed by atoms with Gasteiger partial charge >= 0.3 is 0 Å². The quantitative estimate of drug-likeness (QED) is 0.488. The maximum Gasteiger partial charge on any atom is 0.178 e. The molecule has 4 aromatic rings. The highest BCUT2D eigenvalue weighted by Gasteiger charge is 2.23. The lowest BCUT2D eigenvalue weighted by Crippen LogP contribution is -2.19. The van der Waals surface area contributed by atoms with Crippen molar-refractivity contribution in [2.45, 2.75) is 44.0 Å². The van der Waals surface area contributed by atoms with Crippen LogP contribution in [0.4, 0.5) is 5.82 Å². The second-order valence-corrected chi connectivity index (χ2v) is 11.1. The van der Waals surface area contributed by atoms with Gasteiger partial charge in [-0.1, -0.05) is 62.7 Å². The summed E-state index contributed by atoms with van der Waals surface area (Å²) in [5.74, 6) is 1.40. The van der Waals surface area contributed by atoms with E-state index in [-0.39, 0.29) is 16.4 Å². The third-order valence-corrected chi connectivity index (χ3v) is 6.37. The molecule has 2 aromatic heterocycles. The average molecular weight is 450 g/mol. The van der Waals surface area contributed by atoms with Crippen LogP contribution in [0, 0.1) is 6.92 Å². The fourth-order valence-corrected chi connectivity index (χ4v) is 4.20. The van der Waals surface area contributed by atoms with Crippen LogP contribution in [0.2, 0.25) is 0 Å². The Balaban J connectivity index is 1.80. The van der Waals surface area contributed by atoms with E-state index in [9.17, 15) is 8.42 Å². The summed E-state index contributed by atoms with van der Waals surface area (Å²) in [7, 11) is -3.33. The molecule has 166 valence electrons. The minimum Gasteiger partial charge on any atom is -0.358 e. The summed E-state index contributed by atoms with van der Waals surface area (Å²) in [6.45, 7) is 8.23. The van der Waals surface area contributed by atoms with Gasteiger partial charge in [-0.3, -0.25) is 0 Å². The monoisotopic (exact) mass is 449 g/mol. The minimum atomic E-state index is -3.33. The molecule has 0 saturated carbocycles. The van der Waals surface area contributed by atoms with E-state index in [2.05, 4.69) is 36.3 Å². The summed E-state index contributed by atoms with van der Waals surface area (Å²) < 4.78 is 26.0. The molecule has 32 heavy (non-hydrogen) atoms. The number of hydrogen-bond donors (Lipinski definition) is 1. The lowest BCUT2D eigenvalue weighted by molar-refractivity contribution is 0.527. The zero-order valence-corrected chi connectivity index (χ0v) is 19.7. The van der Waals surface area contributed by atoms with E-state index in [1.165, 1.54) is 6.26 Å². The van der Waals surface area contributed by atoms with Crippen molar-refractivity contribution in [2.75, 3.05) is 11.6 Å². The van der Waals surface area contributed by atoms with Crippen molar-refractivity contribution in [1.29, 1.82) is 0 Å². The van der Waals surface area contributed by atoms with Crippen LogP contribution < -0.4 is 5.32 Å². The van der Waals surface area contributed by atoms with Gasteiger partial charge in [-0.25, -0.2) is 8.42 Å². The number of sulfone groups is 1. The molecule has 2 aromatic carbocycles. The van der Waals surface area contributed by atoms with E-state index in [1.807, 2.05) is 49.4 Å². The van der Waals surface area contributed by atoms with Gasteiger partial charge in [0.15, 0.2) is 21.3 Å². The van der Waals surface area contributed by atoms with Gasteiger partial charge in [-0.2, -0.15) is 4.52 Å². The zero-order valence-electron chi connectivity index (χ0n) is 18.9. The second-order valence-electron chi connectivity index (χ2n) is 9.09. The number of nitrogens with zero attached hydrogens (tertiary/aromatic N) is 4. The fourth-order valence-electron chi connectivity index (χ4n) is 3.52. The van der Waals surface area contributed by atoms with Gasteiger partial charge in [0.05, 0.1) is 10.9 Å². The molecule has 0 radical (unpaired) electrons. The van der Waals surface area contributed by atoms with Crippen LogP contribution in [0.15, 0.2) is 65.6 Å². The average Bonchev–Trinajstić information content (AvgIpc) is 3.16. The number of hydrogen-bond acceptors (Lipinski definition) is 6. The first-order valence-corrected chi connectivity index (χ1v) is 12.3. The van der Waals surface area contributed by atoms with Crippen molar-refractivity contribution in [3.05, 3.63) is 83.2 Å². The molecule has 8 heteroatoms. The Labute approximate surface area is 188 Å². The van der Waals surface area contributed by atoms with Crippen molar-refractivity contribution < 1.29 is 8.42 Å². The van der Waals surface area contributed by atoms with Crippen molar-refractivity contribution >= 4 is 21.3 Å². The summed E-state index contributed by atoms with van der Waals surface area (Å²) in [6, 6.07) is 18.6. The number of benzene rings is 2. The van der Waals surface area contributed by atoms with E-state index in [1.54, 1.807) is 22.7 Å². The lowest BCUT2D eigenvalue weighted by Gasteiger charge is -2.22. The van der Waals surface area contributed by atoms with E-state index in [0.717, 1.165) is 22.5 Å². The number of rotatable bonds is 5. The van der Waals surface area contributed by atoms with Crippen molar-refractivity contribution in [3.8, 4) is 0 Å². The summed E-state index contributed by atoms with van der Waals surface area (Å²) in [6.07, 6.45) is 1.22. The van der Waals surface area contributed by atoms with Crippen LogP contribution in [-0.2, 0) is 15.3 Å². The number of fused-ring (bicyclic) bond motifs is 1. The molecule has 2 heterocycles. The Morgan fingerprint density at radius 3 is 2.31 bits per heavy atom. The maximum absolute atomic E-state index is 12.1. The van der Waals surface area contributed by atoms with Gasteiger partial charge in [0.2, 0.25) is 0 Å². The molecule has 0 aliphatic carbocycles. The standard InChI is InChI=1S/C24H27N5O2S/c1-16-9-11-17(12-10-16)22(18-7-6-8-19(15-18)32(5,30)31)25-20-13-14-21-26-27-23(24(2,3)4)29(21)28-20/h6-15,22H,1-5H3,(H,25,28). The molecule has 7 nitrogen and oxygen atoms in total. The van der Waals surface area contributed by atoms with Gasteiger partial charge in [-0.15, -0.1) is 15.3 Å². The first kappa shape index (κ1) is 22.0. The molecule has 1 atom stereocenters. The van der Waals surface area contributed by atoms with Crippen LogP contribution in [0.5, 0.6) is 0 Å². The number of aryl methyl sites for hydroxylation is 1. The van der Waals surface area contributed by atoms with E-state index in [0.29, 0.717) is 11.5 Å². The molecule has 0 aliphatic rings. The number of aromatic nitrogens is 4. The normalized spacial score (nSPS) is 13.3. The van der Waals surface area contributed by atoms with Gasteiger partial charge in [-0.05, 0) is 42.3 Å². The molecule has 1 unspecified atom stereocenters. The van der Waals surface area contributed by atoms with Crippen molar-refractivity contribution in [1.82, 2.24) is 19.8 Å². The number of anilines is 1. The molecule has 0 fully saturated rings. The molecular formula is C24H27N5O2S. The van der Waals surface area contributed by atoms with Crippen molar-refractivity contribution in [2.24, 2.45) is 0 Å². The zero-order chi connectivity index (χ0) is 23.1. The third kappa shape index (κ3) is 4.50. The van der Waals surface area contributed by atoms with Crippen LogP contribution in [0.3, 0.4) is 0 Å². The molecule has 0 aliphatic heterocycles. The summed E-state index contributed by atoms with van der Waals surface area (Å²) in [4.78, 5) is 0.283. The highest BCUT2D eigenvalue weighted by Crippen LogP contribution is 2.29. The fraction of sp³-hybridized carbons (Fsp3) is 0.292. The largest absolute Gasteiger partial charge is 0.358 e. The predicted molar refractivity (Wildman–Crippen MR) is 126 cm³/mol. The molecule has 0 bridgehead atoms.